The van der Waals surface area contributed by atoms with Gasteiger partial charge in [-0.05, 0) is 50.9 Å². The predicted octanol–water partition coefficient (Wildman–Crippen LogP) is 2.45. The molecule has 2 N–H and O–H groups in total. The summed E-state index contributed by atoms with van der Waals surface area (Å²) >= 11 is 0. The van der Waals surface area contributed by atoms with Gasteiger partial charge in [-0.25, -0.2) is 0 Å². The zero-order valence-electron chi connectivity index (χ0n) is 12.7. The molecule has 1 aliphatic heterocycles. The molecular formula is C16H27N3. The van der Waals surface area contributed by atoms with E-state index in [1.165, 1.54) is 17.7 Å². The molecule has 1 fully saturated rings. The number of anilines is 1. The van der Waals surface area contributed by atoms with Crippen LogP contribution in [-0.2, 0) is 6.54 Å². The van der Waals surface area contributed by atoms with Gasteiger partial charge >= 0.3 is 0 Å². The summed E-state index contributed by atoms with van der Waals surface area (Å²) in [4.78, 5) is 4.65. The maximum absolute atomic E-state index is 6.27. The fraction of sp³-hybridized carbons (Fsp3) is 0.625. The summed E-state index contributed by atoms with van der Waals surface area (Å²) in [6.45, 7) is 6.68. The summed E-state index contributed by atoms with van der Waals surface area (Å²) in [5.41, 5.74) is 8.98. The second-order valence-electron chi connectivity index (χ2n) is 6.38. The summed E-state index contributed by atoms with van der Waals surface area (Å²) in [5, 5.41) is 0. The Balaban J connectivity index is 2.08. The molecule has 0 radical (unpaired) electrons. The number of piperidine rings is 1. The molecule has 0 amide bonds. The smallest absolute Gasteiger partial charge is 0.0361 e. The van der Waals surface area contributed by atoms with Crippen LogP contribution in [0.15, 0.2) is 24.3 Å². The van der Waals surface area contributed by atoms with Crippen LogP contribution in [0.25, 0.3) is 0 Å². The minimum Gasteiger partial charge on any atom is -0.378 e. The summed E-state index contributed by atoms with van der Waals surface area (Å²) in [7, 11) is 4.14. The Hall–Kier alpha value is -1.06. The van der Waals surface area contributed by atoms with Gasteiger partial charge in [0.25, 0.3) is 0 Å². The van der Waals surface area contributed by atoms with Crippen molar-refractivity contribution in [1.82, 2.24) is 4.90 Å². The number of nitrogens with two attached hydrogens (primary N) is 1. The van der Waals surface area contributed by atoms with Crippen LogP contribution >= 0.6 is 0 Å². The number of hydrogen-bond donors (Lipinski definition) is 1. The lowest BCUT2D eigenvalue weighted by atomic mass is 9.85. The van der Waals surface area contributed by atoms with Crippen molar-refractivity contribution in [3.8, 4) is 0 Å². The molecule has 1 unspecified atom stereocenters. The van der Waals surface area contributed by atoms with Crippen LogP contribution in [0.3, 0.4) is 0 Å². The van der Waals surface area contributed by atoms with Gasteiger partial charge in [-0.15, -0.1) is 0 Å². The van der Waals surface area contributed by atoms with Gasteiger partial charge in [0.1, 0.15) is 0 Å². The normalized spacial score (nSPS) is 23.3. The molecule has 1 saturated heterocycles. The van der Waals surface area contributed by atoms with Gasteiger partial charge < -0.3 is 10.6 Å². The van der Waals surface area contributed by atoms with E-state index in [-0.39, 0.29) is 11.6 Å². The Labute approximate surface area is 117 Å². The van der Waals surface area contributed by atoms with Crippen molar-refractivity contribution in [2.24, 2.45) is 5.73 Å². The van der Waals surface area contributed by atoms with Gasteiger partial charge in [0, 0.05) is 37.9 Å². The second kappa shape index (κ2) is 5.51. The standard InChI is InChI=1S/C16H27N3/c1-16(2)15(17)6-5-11-19(16)12-13-7-9-14(10-8-13)18(3)4/h7-10,15H,5-6,11-12,17H2,1-4H3. The van der Waals surface area contributed by atoms with E-state index in [1.807, 2.05) is 0 Å². The average molecular weight is 261 g/mol. The summed E-state index contributed by atoms with van der Waals surface area (Å²) < 4.78 is 0. The van der Waals surface area contributed by atoms with Crippen molar-refractivity contribution < 1.29 is 0 Å². The van der Waals surface area contributed by atoms with Gasteiger partial charge in [0.2, 0.25) is 0 Å². The predicted molar refractivity (Wildman–Crippen MR) is 82.5 cm³/mol. The van der Waals surface area contributed by atoms with E-state index >= 15 is 0 Å². The topological polar surface area (TPSA) is 32.5 Å². The molecule has 1 aliphatic rings. The van der Waals surface area contributed by atoms with Crippen molar-refractivity contribution in [2.75, 3.05) is 25.5 Å². The highest BCUT2D eigenvalue weighted by molar-refractivity contribution is 5.46. The minimum absolute atomic E-state index is 0.0957. The fourth-order valence-corrected chi connectivity index (χ4v) is 2.78. The number of benzene rings is 1. The zero-order chi connectivity index (χ0) is 14.0. The minimum atomic E-state index is 0.0957. The molecular weight excluding hydrogens is 234 g/mol. The van der Waals surface area contributed by atoms with E-state index in [0.29, 0.717) is 0 Å². The van der Waals surface area contributed by atoms with Crippen LogP contribution in [0.2, 0.25) is 0 Å². The molecule has 19 heavy (non-hydrogen) atoms. The van der Waals surface area contributed by atoms with Crippen molar-refractivity contribution >= 4 is 5.69 Å². The van der Waals surface area contributed by atoms with E-state index in [0.717, 1.165) is 19.5 Å². The summed E-state index contributed by atoms with van der Waals surface area (Å²) in [6.07, 6.45) is 2.35. The first kappa shape index (κ1) is 14.4. The Kier molecular flexibility index (Phi) is 4.16. The lowest BCUT2D eigenvalue weighted by Gasteiger charge is -2.46. The maximum atomic E-state index is 6.27. The largest absolute Gasteiger partial charge is 0.378 e. The highest BCUT2D eigenvalue weighted by atomic mass is 15.2. The van der Waals surface area contributed by atoms with Gasteiger partial charge in [0.15, 0.2) is 0 Å². The van der Waals surface area contributed by atoms with E-state index in [9.17, 15) is 0 Å². The lowest BCUT2D eigenvalue weighted by molar-refractivity contribution is 0.0501. The third-order valence-electron chi connectivity index (χ3n) is 4.49. The molecule has 1 aromatic rings. The highest BCUT2D eigenvalue weighted by Crippen LogP contribution is 2.28. The van der Waals surface area contributed by atoms with Crippen molar-refractivity contribution in [1.29, 1.82) is 0 Å². The van der Waals surface area contributed by atoms with Crippen molar-refractivity contribution in [3.05, 3.63) is 29.8 Å². The highest BCUT2D eigenvalue weighted by Gasteiger charge is 2.35. The summed E-state index contributed by atoms with van der Waals surface area (Å²) in [6, 6.07) is 9.11. The van der Waals surface area contributed by atoms with Crippen LogP contribution in [0.5, 0.6) is 0 Å². The van der Waals surface area contributed by atoms with Gasteiger partial charge in [-0.2, -0.15) is 0 Å². The maximum Gasteiger partial charge on any atom is 0.0361 e. The number of rotatable bonds is 3. The fourth-order valence-electron chi connectivity index (χ4n) is 2.78. The molecule has 0 saturated carbocycles. The third kappa shape index (κ3) is 3.10. The SMILES string of the molecule is CN(C)c1ccc(CN2CCCC(N)C2(C)C)cc1. The van der Waals surface area contributed by atoms with Gasteiger partial charge in [0.05, 0.1) is 0 Å². The van der Waals surface area contributed by atoms with Crippen molar-refractivity contribution in [2.45, 2.75) is 44.8 Å². The molecule has 0 aliphatic carbocycles. The first-order valence-electron chi connectivity index (χ1n) is 7.18. The second-order valence-corrected chi connectivity index (χ2v) is 6.38. The van der Waals surface area contributed by atoms with Crippen LogP contribution in [0.1, 0.15) is 32.3 Å². The van der Waals surface area contributed by atoms with Crippen LogP contribution < -0.4 is 10.6 Å². The van der Waals surface area contributed by atoms with E-state index in [2.05, 4.69) is 62.0 Å². The zero-order valence-corrected chi connectivity index (χ0v) is 12.7. The third-order valence-corrected chi connectivity index (χ3v) is 4.49. The molecule has 0 bridgehead atoms. The molecule has 1 atom stereocenters. The van der Waals surface area contributed by atoms with Crippen LogP contribution in [0, 0.1) is 0 Å². The quantitative estimate of drug-likeness (QED) is 0.907. The van der Waals surface area contributed by atoms with E-state index in [4.69, 9.17) is 5.73 Å². The molecule has 0 aromatic heterocycles. The summed E-state index contributed by atoms with van der Waals surface area (Å²) in [5.74, 6) is 0. The molecule has 3 nitrogen and oxygen atoms in total. The number of nitrogens with zero attached hydrogens (tertiary/aromatic N) is 2. The number of hydrogen-bond acceptors (Lipinski definition) is 3. The van der Waals surface area contributed by atoms with E-state index < -0.39 is 0 Å². The molecule has 106 valence electrons. The van der Waals surface area contributed by atoms with E-state index in [1.54, 1.807) is 0 Å². The molecule has 0 spiro atoms. The Morgan fingerprint density at radius 3 is 2.47 bits per heavy atom. The molecule has 1 heterocycles. The lowest BCUT2D eigenvalue weighted by Crippen LogP contribution is -2.59. The van der Waals surface area contributed by atoms with Crippen LogP contribution in [-0.4, -0.2) is 37.1 Å². The average Bonchev–Trinajstić information content (AvgIpc) is 2.36. The molecule has 2 rings (SSSR count). The Morgan fingerprint density at radius 2 is 1.89 bits per heavy atom. The molecule has 1 aromatic carbocycles. The first-order chi connectivity index (χ1) is 8.91. The first-order valence-corrected chi connectivity index (χ1v) is 7.18. The number of likely N-dealkylation sites (tertiary alicyclic amines) is 1. The van der Waals surface area contributed by atoms with Gasteiger partial charge in [-0.1, -0.05) is 12.1 Å². The molecule has 3 heteroatoms. The van der Waals surface area contributed by atoms with Gasteiger partial charge in [-0.3, -0.25) is 4.90 Å². The Morgan fingerprint density at radius 1 is 1.26 bits per heavy atom. The van der Waals surface area contributed by atoms with Crippen LogP contribution in [0.4, 0.5) is 5.69 Å². The Bertz CT molecular complexity index is 409. The monoisotopic (exact) mass is 261 g/mol. The van der Waals surface area contributed by atoms with Crippen molar-refractivity contribution in [3.63, 3.8) is 0 Å².